The van der Waals surface area contributed by atoms with Gasteiger partial charge >= 0.3 is 6.03 Å². The lowest BCUT2D eigenvalue weighted by molar-refractivity contribution is -0.132. The molecule has 2 heterocycles. The number of aryl methyl sites for hydroxylation is 1. The van der Waals surface area contributed by atoms with E-state index in [0.717, 1.165) is 22.3 Å². The van der Waals surface area contributed by atoms with E-state index < -0.39 is 0 Å². The predicted octanol–water partition coefficient (Wildman–Crippen LogP) is 2.72. The molecule has 0 aliphatic carbocycles. The molecule has 128 valence electrons. The highest BCUT2D eigenvalue weighted by Gasteiger charge is 2.25. The predicted molar refractivity (Wildman–Crippen MR) is 91.7 cm³/mol. The van der Waals surface area contributed by atoms with Crippen molar-refractivity contribution >= 4 is 22.9 Å². The van der Waals surface area contributed by atoms with E-state index in [1.165, 1.54) is 0 Å². The number of urea groups is 1. The van der Waals surface area contributed by atoms with Crippen LogP contribution in [0.2, 0.25) is 0 Å². The number of benzene rings is 1. The lowest BCUT2D eigenvalue weighted by Gasteiger charge is -2.30. The summed E-state index contributed by atoms with van der Waals surface area (Å²) in [6, 6.07) is 7.35. The topological polar surface area (TPSA) is 74.6 Å². The molecule has 0 radical (unpaired) electrons. The standard InChI is InChI=1S/C18H23N3O3/c1-11-14-6-4-5-7-15(14)24-17(11)12(2)19-18(23)20-13-8-9-16(22)21(3)10-13/h4-7,12-13H,8-10H2,1-3H3,(H2,19,20,23)/t12-,13?/m0/s1. The SMILES string of the molecule is Cc1c([C@H](C)NC(=O)NC2CCC(=O)N(C)C2)oc2ccccc12. The van der Waals surface area contributed by atoms with Gasteiger partial charge in [-0.1, -0.05) is 18.2 Å². The van der Waals surface area contributed by atoms with E-state index in [2.05, 4.69) is 10.6 Å². The third-order valence-electron chi connectivity index (χ3n) is 4.58. The Morgan fingerprint density at radius 2 is 2.12 bits per heavy atom. The second-order valence-corrected chi connectivity index (χ2v) is 6.44. The first kappa shape index (κ1) is 16.4. The maximum absolute atomic E-state index is 12.2. The van der Waals surface area contributed by atoms with Gasteiger partial charge in [-0.15, -0.1) is 0 Å². The number of nitrogens with zero attached hydrogens (tertiary/aromatic N) is 1. The molecule has 6 heteroatoms. The Labute approximate surface area is 141 Å². The summed E-state index contributed by atoms with van der Waals surface area (Å²) < 4.78 is 5.89. The Morgan fingerprint density at radius 1 is 1.38 bits per heavy atom. The summed E-state index contributed by atoms with van der Waals surface area (Å²) in [6.45, 7) is 4.45. The minimum Gasteiger partial charge on any atom is -0.459 e. The van der Waals surface area contributed by atoms with Crippen molar-refractivity contribution in [2.45, 2.75) is 38.8 Å². The Balaban J connectivity index is 1.63. The fraction of sp³-hybridized carbons (Fsp3) is 0.444. The van der Waals surface area contributed by atoms with Gasteiger partial charge in [0.1, 0.15) is 11.3 Å². The van der Waals surface area contributed by atoms with Crippen molar-refractivity contribution in [3.63, 3.8) is 0 Å². The molecule has 24 heavy (non-hydrogen) atoms. The number of furan rings is 1. The lowest BCUT2D eigenvalue weighted by Crippen LogP contribution is -2.51. The van der Waals surface area contributed by atoms with E-state index in [0.29, 0.717) is 19.4 Å². The third-order valence-corrected chi connectivity index (χ3v) is 4.58. The van der Waals surface area contributed by atoms with Crippen molar-refractivity contribution < 1.29 is 14.0 Å². The molecule has 1 aromatic heterocycles. The van der Waals surface area contributed by atoms with Crippen molar-refractivity contribution in [3.8, 4) is 0 Å². The number of piperidine rings is 1. The first-order valence-corrected chi connectivity index (χ1v) is 8.24. The third kappa shape index (κ3) is 3.22. The van der Waals surface area contributed by atoms with Crippen molar-refractivity contribution in [1.29, 1.82) is 0 Å². The van der Waals surface area contributed by atoms with E-state index in [-0.39, 0.29) is 24.0 Å². The Kier molecular flexibility index (Phi) is 4.46. The van der Waals surface area contributed by atoms with E-state index in [1.807, 2.05) is 38.1 Å². The molecule has 1 fully saturated rings. The van der Waals surface area contributed by atoms with Gasteiger partial charge in [0.2, 0.25) is 5.91 Å². The van der Waals surface area contributed by atoms with E-state index >= 15 is 0 Å². The molecule has 3 amide bonds. The molecule has 1 aliphatic heterocycles. The summed E-state index contributed by atoms with van der Waals surface area (Å²) in [4.78, 5) is 25.4. The van der Waals surface area contributed by atoms with Crippen molar-refractivity contribution in [2.75, 3.05) is 13.6 Å². The minimum atomic E-state index is -0.241. The number of hydrogen-bond donors (Lipinski definition) is 2. The highest BCUT2D eigenvalue weighted by Crippen LogP contribution is 2.29. The van der Waals surface area contributed by atoms with Gasteiger partial charge in [0.05, 0.1) is 6.04 Å². The Morgan fingerprint density at radius 3 is 2.83 bits per heavy atom. The van der Waals surface area contributed by atoms with Crippen LogP contribution in [0, 0.1) is 6.92 Å². The number of hydrogen-bond acceptors (Lipinski definition) is 3. The van der Waals surface area contributed by atoms with Crippen LogP contribution in [0.4, 0.5) is 4.79 Å². The molecular formula is C18H23N3O3. The van der Waals surface area contributed by atoms with Crippen molar-refractivity contribution in [1.82, 2.24) is 15.5 Å². The molecule has 0 spiro atoms. The van der Waals surface area contributed by atoms with Crippen LogP contribution in [0.5, 0.6) is 0 Å². The van der Waals surface area contributed by atoms with Crippen LogP contribution in [-0.4, -0.2) is 36.5 Å². The zero-order chi connectivity index (χ0) is 17.3. The highest BCUT2D eigenvalue weighted by molar-refractivity contribution is 5.82. The molecular weight excluding hydrogens is 306 g/mol. The first-order valence-electron chi connectivity index (χ1n) is 8.24. The Hall–Kier alpha value is -2.50. The summed E-state index contributed by atoms with van der Waals surface area (Å²) in [5.41, 5.74) is 1.87. The fourth-order valence-corrected chi connectivity index (χ4v) is 3.23. The molecule has 0 bridgehead atoms. The summed E-state index contributed by atoms with van der Waals surface area (Å²) in [7, 11) is 1.76. The molecule has 0 saturated carbocycles. The summed E-state index contributed by atoms with van der Waals surface area (Å²) >= 11 is 0. The number of amides is 3. The van der Waals surface area contributed by atoms with Gasteiger partial charge in [-0.25, -0.2) is 4.79 Å². The first-order chi connectivity index (χ1) is 11.5. The van der Waals surface area contributed by atoms with E-state index in [4.69, 9.17) is 4.42 Å². The van der Waals surface area contributed by atoms with E-state index in [9.17, 15) is 9.59 Å². The van der Waals surface area contributed by atoms with Crippen LogP contribution in [0.15, 0.2) is 28.7 Å². The molecule has 2 atom stereocenters. The summed E-state index contributed by atoms with van der Waals surface area (Å²) in [6.07, 6.45) is 1.15. The van der Waals surface area contributed by atoms with E-state index in [1.54, 1.807) is 11.9 Å². The van der Waals surface area contributed by atoms with Crippen LogP contribution < -0.4 is 10.6 Å². The number of para-hydroxylation sites is 1. The molecule has 1 saturated heterocycles. The molecule has 6 nitrogen and oxygen atoms in total. The molecule has 1 unspecified atom stereocenters. The number of rotatable bonds is 3. The molecule has 2 N–H and O–H groups in total. The van der Waals surface area contributed by atoms with Crippen LogP contribution in [0.25, 0.3) is 11.0 Å². The van der Waals surface area contributed by atoms with Gasteiger partial charge in [-0.2, -0.15) is 0 Å². The normalized spacial score (nSPS) is 19.4. The second-order valence-electron chi connectivity index (χ2n) is 6.44. The monoisotopic (exact) mass is 329 g/mol. The van der Waals surface area contributed by atoms with Crippen molar-refractivity contribution in [2.24, 2.45) is 0 Å². The zero-order valence-electron chi connectivity index (χ0n) is 14.3. The van der Waals surface area contributed by atoms with Gasteiger partial charge in [-0.3, -0.25) is 4.79 Å². The van der Waals surface area contributed by atoms with Crippen LogP contribution in [0.1, 0.15) is 37.1 Å². The Bertz CT molecular complexity index is 768. The average Bonchev–Trinajstić information content (AvgIpc) is 2.88. The largest absolute Gasteiger partial charge is 0.459 e. The highest BCUT2D eigenvalue weighted by atomic mass is 16.3. The maximum Gasteiger partial charge on any atom is 0.315 e. The second kappa shape index (κ2) is 6.55. The van der Waals surface area contributed by atoms with Crippen molar-refractivity contribution in [3.05, 3.63) is 35.6 Å². The molecule has 3 rings (SSSR count). The van der Waals surface area contributed by atoms with Gasteiger partial charge in [-0.05, 0) is 26.3 Å². The molecule has 1 aliphatic rings. The van der Waals surface area contributed by atoms with Gasteiger partial charge in [0.15, 0.2) is 0 Å². The molecule has 2 aromatic rings. The van der Waals surface area contributed by atoms with Crippen LogP contribution in [0.3, 0.4) is 0 Å². The fourth-order valence-electron chi connectivity index (χ4n) is 3.23. The number of nitrogens with one attached hydrogen (secondary N) is 2. The lowest BCUT2D eigenvalue weighted by atomic mass is 10.1. The quantitative estimate of drug-likeness (QED) is 0.909. The number of fused-ring (bicyclic) bond motifs is 1. The zero-order valence-corrected chi connectivity index (χ0v) is 14.3. The van der Waals surface area contributed by atoms with Gasteiger partial charge in [0, 0.05) is 37.0 Å². The smallest absolute Gasteiger partial charge is 0.315 e. The summed E-state index contributed by atoms with van der Waals surface area (Å²) in [5.74, 6) is 0.891. The maximum atomic E-state index is 12.2. The number of carbonyl (C=O) groups is 2. The number of carbonyl (C=O) groups excluding carboxylic acids is 2. The molecule has 1 aromatic carbocycles. The van der Waals surface area contributed by atoms with Gasteiger partial charge < -0.3 is 20.0 Å². The van der Waals surface area contributed by atoms with Gasteiger partial charge in [0.25, 0.3) is 0 Å². The van der Waals surface area contributed by atoms with Crippen LogP contribution in [-0.2, 0) is 4.79 Å². The minimum absolute atomic E-state index is 0.0170. The summed E-state index contributed by atoms with van der Waals surface area (Å²) in [5, 5.41) is 6.93. The van der Waals surface area contributed by atoms with Crippen LogP contribution >= 0.6 is 0 Å². The number of likely N-dealkylation sites (tertiary alicyclic amines) is 1. The number of likely N-dealkylation sites (N-methyl/N-ethyl adjacent to an activating group) is 1. The average molecular weight is 329 g/mol.